The zero-order valence-corrected chi connectivity index (χ0v) is 14.2. The number of aromatic amines is 1. The highest BCUT2D eigenvalue weighted by molar-refractivity contribution is 5.99. The van der Waals surface area contributed by atoms with Gasteiger partial charge in [-0.25, -0.2) is 8.78 Å². The molecular weight excluding hydrogens is 354 g/mol. The van der Waals surface area contributed by atoms with Crippen LogP contribution in [0.2, 0.25) is 0 Å². The van der Waals surface area contributed by atoms with Gasteiger partial charge in [-0.1, -0.05) is 0 Å². The summed E-state index contributed by atoms with van der Waals surface area (Å²) >= 11 is 0. The van der Waals surface area contributed by atoms with E-state index in [0.29, 0.717) is 22.0 Å². The van der Waals surface area contributed by atoms with E-state index in [1.54, 1.807) is 12.1 Å². The summed E-state index contributed by atoms with van der Waals surface area (Å²) in [7, 11) is 0. The minimum atomic E-state index is -0.448. The number of hydrogen-bond donors (Lipinski definition) is 2. The molecule has 3 aromatic rings. The van der Waals surface area contributed by atoms with Crippen LogP contribution in [0.3, 0.4) is 0 Å². The van der Waals surface area contributed by atoms with Gasteiger partial charge in [0.15, 0.2) is 5.78 Å². The molecule has 3 rings (SSSR count). The summed E-state index contributed by atoms with van der Waals surface area (Å²) < 4.78 is 26.0. The smallest absolute Gasteiger partial charge is 0.251 e. The summed E-state index contributed by atoms with van der Waals surface area (Å²) in [6.45, 7) is -0.210. The van der Waals surface area contributed by atoms with Crippen molar-refractivity contribution in [1.82, 2.24) is 10.3 Å². The van der Waals surface area contributed by atoms with Crippen LogP contribution in [0.15, 0.2) is 53.3 Å². The molecule has 0 aliphatic rings. The fourth-order valence-electron chi connectivity index (χ4n) is 2.66. The molecule has 1 aromatic heterocycles. The predicted octanol–water partition coefficient (Wildman–Crippen LogP) is 2.74. The molecule has 7 heteroatoms. The minimum Gasteiger partial charge on any atom is -0.349 e. The molecule has 1 heterocycles. The first-order chi connectivity index (χ1) is 12.9. The average Bonchev–Trinajstić information content (AvgIpc) is 2.65. The fraction of sp³-hybridized carbons (Fsp3) is 0.150. The number of benzene rings is 2. The SMILES string of the molecule is O=C(CCc1cc2ccc(F)cc2[nH]c1=O)NCC(=O)c1ccc(F)cc1. The van der Waals surface area contributed by atoms with Gasteiger partial charge < -0.3 is 10.3 Å². The third-order valence-corrected chi connectivity index (χ3v) is 4.12. The standard InChI is InChI=1S/C20H16F2N2O3/c21-15-5-1-12(2-6-15)18(25)11-23-19(26)8-4-14-9-13-3-7-16(22)10-17(13)24-20(14)27/h1-3,5-7,9-10H,4,8,11H2,(H,23,26)(H,24,27). The Morgan fingerprint density at radius 2 is 1.67 bits per heavy atom. The van der Waals surface area contributed by atoms with Crippen molar-refractivity contribution in [2.24, 2.45) is 0 Å². The second kappa shape index (κ2) is 7.90. The number of fused-ring (bicyclic) bond motifs is 1. The maximum absolute atomic E-state index is 13.2. The van der Waals surface area contributed by atoms with Crippen molar-refractivity contribution in [3.8, 4) is 0 Å². The van der Waals surface area contributed by atoms with Gasteiger partial charge in [-0.2, -0.15) is 0 Å². The summed E-state index contributed by atoms with van der Waals surface area (Å²) in [5.74, 6) is -1.62. The number of rotatable bonds is 6. The van der Waals surface area contributed by atoms with Gasteiger partial charge in [0.1, 0.15) is 11.6 Å². The maximum atomic E-state index is 13.2. The molecule has 0 bridgehead atoms. The highest BCUT2D eigenvalue weighted by atomic mass is 19.1. The molecule has 138 valence electrons. The first-order valence-corrected chi connectivity index (χ1v) is 8.29. The molecule has 0 saturated heterocycles. The average molecular weight is 370 g/mol. The number of amides is 1. The van der Waals surface area contributed by atoms with Crippen LogP contribution in [0.5, 0.6) is 0 Å². The zero-order chi connectivity index (χ0) is 19.4. The molecule has 0 atom stereocenters. The number of carbonyl (C=O) groups excluding carboxylic acids is 2. The van der Waals surface area contributed by atoms with Gasteiger partial charge >= 0.3 is 0 Å². The normalized spacial score (nSPS) is 10.7. The van der Waals surface area contributed by atoms with E-state index < -0.39 is 11.6 Å². The number of carbonyl (C=O) groups is 2. The molecule has 0 radical (unpaired) electrons. The molecule has 5 nitrogen and oxygen atoms in total. The van der Waals surface area contributed by atoms with Crippen LogP contribution < -0.4 is 10.9 Å². The molecule has 0 aliphatic carbocycles. The minimum absolute atomic E-state index is 0.0203. The van der Waals surface area contributed by atoms with E-state index in [2.05, 4.69) is 10.3 Å². The second-order valence-corrected chi connectivity index (χ2v) is 6.06. The quantitative estimate of drug-likeness (QED) is 0.655. The van der Waals surface area contributed by atoms with E-state index in [0.717, 1.165) is 0 Å². The Hall–Kier alpha value is -3.35. The number of ketones is 1. The van der Waals surface area contributed by atoms with Gasteiger partial charge in [-0.05, 0) is 60.3 Å². The molecular formula is C20H16F2N2O3. The highest BCUT2D eigenvalue weighted by Gasteiger charge is 2.10. The lowest BCUT2D eigenvalue weighted by molar-refractivity contribution is -0.120. The molecule has 0 aliphatic heterocycles. The molecule has 2 aromatic carbocycles. The Bertz CT molecular complexity index is 1060. The third kappa shape index (κ3) is 4.63. The summed E-state index contributed by atoms with van der Waals surface area (Å²) in [5, 5.41) is 3.15. The highest BCUT2D eigenvalue weighted by Crippen LogP contribution is 2.13. The van der Waals surface area contributed by atoms with Crippen LogP contribution in [-0.4, -0.2) is 23.2 Å². The molecule has 27 heavy (non-hydrogen) atoms. The molecule has 1 amide bonds. The van der Waals surface area contributed by atoms with Crippen LogP contribution in [-0.2, 0) is 11.2 Å². The number of halogens is 2. The number of H-pyrrole nitrogens is 1. The van der Waals surface area contributed by atoms with Crippen molar-refractivity contribution in [2.75, 3.05) is 6.54 Å². The van der Waals surface area contributed by atoms with E-state index in [1.807, 2.05) is 0 Å². The van der Waals surface area contributed by atoms with Crippen LogP contribution in [0.1, 0.15) is 22.3 Å². The zero-order valence-electron chi connectivity index (χ0n) is 14.2. The number of pyridine rings is 1. The number of Topliss-reactive ketones (excluding diaryl/α,β-unsaturated/α-hetero) is 1. The van der Waals surface area contributed by atoms with E-state index in [1.165, 1.54) is 36.4 Å². The van der Waals surface area contributed by atoms with Crippen LogP contribution >= 0.6 is 0 Å². The Labute approximate surface area is 153 Å². The fourth-order valence-corrected chi connectivity index (χ4v) is 2.66. The molecule has 0 fully saturated rings. The lowest BCUT2D eigenvalue weighted by atomic mass is 10.1. The van der Waals surface area contributed by atoms with Crippen LogP contribution in [0.4, 0.5) is 8.78 Å². The van der Waals surface area contributed by atoms with Crippen molar-refractivity contribution in [3.05, 3.63) is 81.6 Å². The topological polar surface area (TPSA) is 79.0 Å². The Balaban J connectivity index is 1.57. The van der Waals surface area contributed by atoms with Gasteiger partial charge in [0.2, 0.25) is 5.91 Å². The van der Waals surface area contributed by atoms with Gasteiger partial charge in [0, 0.05) is 17.5 Å². The molecule has 0 unspecified atom stereocenters. The van der Waals surface area contributed by atoms with Gasteiger partial charge in [-0.3, -0.25) is 14.4 Å². The summed E-state index contributed by atoms with van der Waals surface area (Å²) in [6.07, 6.45) is 0.200. The summed E-state index contributed by atoms with van der Waals surface area (Å²) in [6, 6.07) is 10.7. The first kappa shape index (κ1) is 18.4. The summed E-state index contributed by atoms with van der Waals surface area (Å²) in [5.41, 5.74) is 0.699. The largest absolute Gasteiger partial charge is 0.349 e. The van der Waals surface area contributed by atoms with Crippen LogP contribution in [0, 0.1) is 11.6 Å². The maximum Gasteiger partial charge on any atom is 0.251 e. The monoisotopic (exact) mass is 370 g/mol. The second-order valence-electron chi connectivity index (χ2n) is 6.06. The number of nitrogens with one attached hydrogen (secondary N) is 2. The Kier molecular flexibility index (Phi) is 5.40. The van der Waals surface area contributed by atoms with Gasteiger partial charge in [0.05, 0.1) is 12.1 Å². The Morgan fingerprint density at radius 1 is 0.963 bits per heavy atom. The number of aryl methyl sites for hydroxylation is 1. The molecule has 0 saturated carbocycles. The van der Waals surface area contributed by atoms with Crippen molar-refractivity contribution < 1.29 is 18.4 Å². The third-order valence-electron chi connectivity index (χ3n) is 4.12. The number of aromatic nitrogens is 1. The van der Waals surface area contributed by atoms with Crippen LogP contribution in [0.25, 0.3) is 10.9 Å². The van der Waals surface area contributed by atoms with E-state index >= 15 is 0 Å². The van der Waals surface area contributed by atoms with Gasteiger partial charge in [0.25, 0.3) is 5.56 Å². The summed E-state index contributed by atoms with van der Waals surface area (Å²) in [4.78, 5) is 38.5. The van der Waals surface area contributed by atoms with Gasteiger partial charge in [-0.15, -0.1) is 0 Å². The van der Waals surface area contributed by atoms with E-state index in [4.69, 9.17) is 0 Å². The molecule has 0 spiro atoms. The lowest BCUT2D eigenvalue weighted by Gasteiger charge is -2.06. The Morgan fingerprint density at radius 3 is 2.41 bits per heavy atom. The number of hydrogen-bond acceptors (Lipinski definition) is 3. The van der Waals surface area contributed by atoms with Crippen molar-refractivity contribution >= 4 is 22.6 Å². The first-order valence-electron chi connectivity index (χ1n) is 8.29. The van der Waals surface area contributed by atoms with E-state index in [9.17, 15) is 23.2 Å². The predicted molar refractivity (Wildman–Crippen MR) is 96.6 cm³/mol. The van der Waals surface area contributed by atoms with E-state index in [-0.39, 0.29) is 36.6 Å². The van der Waals surface area contributed by atoms with Crippen molar-refractivity contribution in [1.29, 1.82) is 0 Å². The van der Waals surface area contributed by atoms with Crippen molar-refractivity contribution in [3.63, 3.8) is 0 Å². The molecule has 2 N–H and O–H groups in total. The van der Waals surface area contributed by atoms with Crippen molar-refractivity contribution in [2.45, 2.75) is 12.8 Å². The lowest BCUT2D eigenvalue weighted by Crippen LogP contribution is -2.30.